The van der Waals surface area contributed by atoms with Crippen LogP contribution in [-0.2, 0) is 0 Å². The number of fused-ring (bicyclic) bond motifs is 10. The van der Waals surface area contributed by atoms with Crippen molar-refractivity contribution in [3.05, 3.63) is 219 Å². The van der Waals surface area contributed by atoms with E-state index in [2.05, 4.69) is 203 Å². The molecular formula is C62H36N6S2. The van der Waals surface area contributed by atoms with E-state index in [4.69, 9.17) is 19.9 Å². The fourth-order valence-corrected chi connectivity index (χ4v) is 13.6. The van der Waals surface area contributed by atoms with Gasteiger partial charge >= 0.3 is 0 Å². The molecule has 0 atom stereocenters. The van der Waals surface area contributed by atoms with Gasteiger partial charge in [-0.3, -0.25) is 19.9 Å². The van der Waals surface area contributed by atoms with Crippen molar-refractivity contribution in [3.63, 3.8) is 0 Å². The molecule has 0 aliphatic heterocycles. The smallest absolute Gasteiger partial charge is 0.100 e. The van der Waals surface area contributed by atoms with Crippen molar-refractivity contribution in [2.75, 3.05) is 0 Å². The molecule has 0 bridgehead atoms. The van der Waals surface area contributed by atoms with Crippen molar-refractivity contribution in [2.45, 2.75) is 0 Å². The van der Waals surface area contributed by atoms with E-state index in [-0.39, 0.29) is 0 Å². The Kier molecular flexibility index (Phi) is 8.60. The number of hydrogen-bond donors (Lipinski definition) is 0. The average Bonchev–Trinajstić information content (AvgIpc) is 4.19. The van der Waals surface area contributed by atoms with E-state index in [1.165, 1.54) is 64.1 Å². The van der Waals surface area contributed by atoms with E-state index < -0.39 is 0 Å². The maximum absolute atomic E-state index is 5.17. The molecule has 0 radical (unpaired) electrons. The Morgan fingerprint density at radius 2 is 0.514 bits per heavy atom. The summed E-state index contributed by atoms with van der Waals surface area (Å²) in [5, 5.41) is 9.67. The van der Waals surface area contributed by atoms with Crippen LogP contribution in [0.5, 0.6) is 0 Å². The third kappa shape index (κ3) is 5.72. The highest BCUT2D eigenvalue weighted by atomic mass is 32.1. The van der Waals surface area contributed by atoms with Gasteiger partial charge in [-0.25, -0.2) is 0 Å². The second kappa shape index (κ2) is 15.3. The maximum atomic E-state index is 5.17. The Hall–Kier alpha value is -8.82. The topological polar surface area (TPSA) is 61.4 Å². The van der Waals surface area contributed by atoms with Gasteiger partial charge in [-0.1, -0.05) is 146 Å². The molecule has 0 aliphatic carbocycles. The lowest BCUT2D eigenvalue weighted by atomic mass is 9.97. The molecule has 0 saturated carbocycles. The molecule has 0 N–H and O–H groups in total. The molecule has 8 heteroatoms. The zero-order chi connectivity index (χ0) is 45.9. The Balaban J connectivity index is 0.884. The fraction of sp³-hybridized carbons (Fsp3) is 0. The summed E-state index contributed by atoms with van der Waals surface area (Å²) in [7, 11) is 0. The minimum absolute atomic E-state index is 0.806. The Labute approximate surface area is 408 Å². The number of thiophene rings is 2. The summed E-state index contributed by atoms with van der Waals surface area (Å²) in [5.41, 5.74) is 14.5. The first kappa shape index (κ1) is 39.2. The standard InChI is InChI=1S/C62H36N6S2/c1-3-19-47-45(17-1)59(37-25-29-39(30-26-37)67-49-21-9-5-13-41(49)42-14-6-10-22-50(42)67)69-61(47)53-55-57(65-35-33-63-55)54(58-56(53)64-34-36-66-58)62-48-20-4-2-18-46(48)60(70-62)38-27-31-40(32-28-38)68-51-23-11-7-15-43(51)44-16-8-12-24-52(44)68/h1-36H. The van der Waals surface area contributed by atoms with E-state index in [0.717, 1.165) is 76.2 Å². The molecule has 0 amide bonds. The van der Waals surface area contributed by atoms with Gasteiger partial charge < -0.3 is 9.13 Å². The highest BCUT2D eigenvalue weighted by Crippen LogP contribution is 2.52. The minimum Gasteiger partial charge on any atom is -0.309 e. The lowest BCUT2D eigenvalue weighted by Crippen LogP contribution is -1.96. The Morgan fingerprint density at radius 3 is 0.814 bits per heavy atom. The molecule has 70 heavy (non-hydrogen) atoms. The average molecular weight is 929 g/mol. The van der Waals surface area contributed by atoms with Gasteiger partial charge in [0.15, 0.2) is 0 Å². The summed E-state index contributed by atoms with van der Waals surface area (Å²) < 4.78 is 4.74. The summed E-state index contributed by atoms with van der Waals surface area (Å²) in [6.07, 6.45) is 7.22. The Bertz CT molecular complexity index is 4140. The van der Waals surface area contributed by atoms with Gasteiger partial charge in [-0.05, 0) is 59.7 Å². The molecule has 0 spiro atoms. The SMILES string of the molecule is c1ccc2c(-c3c4nccnc4c(-c4sc(-c5ccc(-n6c7ccccc7c7ccccc76)cc5)c5ccccc45)c4nccnc34)sc(-c3ccc(-n4c5ccccc5c5ccccc54)cc3)c2c1. The maximum Gasteiger partial charge on any atom is 0.100 e. The summed E-state index contributed by atoms with van der Waals surface area (Å²) in [5.74, 6) is 0. The van der Waals surface area contributed by atoms with Crippen LogP contribution in [0.1, 0.15) is 0 Å². The van der Waals surface area contributed by atoms with Gasteiger partial charge in [0, 0.05) is 110 Å². The lowest BCUT2D eigenvalue weighted by Gasteiger charge is -2.13. The Morgan fingerprint density at radius 1 is 0.257 bits per heavy atom. The van der Waals surface area contributed by atoms with Gasteiger partial charge in [0.25, 0.3) is 0 Å². The second-order valence-electron chi connectivity index (χ2n) is 17.7. The zero-order valence-electron chi connectivity index (χ0n) is 37.3. The molecule has 6 nitrogen and oxygen atoms in total. The molecule has 6 heterocycles. The van der Waals surface area contributed by atoms with Crippen molar-refractivity contribution in [2.24, 2.45) is 0 Å². The van der Waals surface area contributed by atoms with Crippen LogP contribution in [-0.4, -0.2) is 29.1 Å². The third-order valence-electron chi connectivity index (χ3n) is 14.0. The van der Waals surface area contributed by atoms with Crippen LogP contribution in [0.4, 0.5) is 0 Å². The number of rotatable bonds is 6. The molecular weight excluding hydrogens is 893 g/mol. The van der Waals surface area contributed by atoms with E-state index in [0.29, 0.717) is 0 Å². The summed E-state index contributed by atoms with van der Waals surface area (Å²) >= 11 is 3.56. The van der Waals surface area contributed by atoms with Gasteiger partial charge in [0.05, 0.1) is 22.1 Å². The number of benzene rings is 9. The van der Waals surface area contributed by atoms with Crippen molar-refractivity contribution in [1.29, 1.82) is 0 Å². The van der Waals surface area contributed by atoms with Gasteiger partial charge in [0.1, 0.15) is 22.1 Å². The van der Waals surface area contributed by atoms with Gasteiger partial charge in [-0.15, -0.1) is 22.7 Å². The highest BCUT2D eigenvalue weighted by molar-refractivity contribution is 7.21. The van der Waals surface area contributed by atoms with Crippen LogP contribution < -0.4 is 0 Å². The third-order valence-corrected chi connectivity index (χ3v) is 16.6. The van der Waals surface area contributed by atoms with Gasteiger partial charge in [0.2, 0.25) is 0 Å². The highest BCUT2D eigenvalue weighted by Gasteiger charge is 2.27. The lowest BCUT2D eigenvalue weighted by molar-refractivity contribution is 1.18. The minimum atomic E-state index is 0.806. The first-order valence-corrected chi connectivity index (χ1v) is 25.0. The van der Waals surface area contributed by atoms with E-state index in [9.17, 15) is 0 Å². The van der Waals surface area contributed by atoms with E-state index in [1.54, 1.807) is 47.5 Å². The van der Waals surface area contributed by atoms with Crippen LogP contribution in [0.2, 0.25) is 0 Å². The number of nitrogens with zero attached hydrogens (tertiary/aromatic N) is 6. The molecule has 0 fully saturated rings. The van der Waals surface area contributed by atoms with Crippen LogP contribution in [0.25, 0.3) is 140 Å². The molecule has 9 aromatic carbocycles. The molecule has 326 valence electrons. The first-order chi connectivity index (χ1) is 34.8. The zero-order valence-corrected chi connectivity index (χ0v) is 38.9. The molecule has 0 aliphatic rings. The normalized spacial score (nSPS) is 12.0. The molecule has 15 rings (SSSR count). The van der Waals surface area contributed by atoms with Gasteiger partial charge in [-0.2, -0.15) is 0 Å². The summed E-state index contributed by atoms with van der Waals surface area (Å²) in [4.78, 5) is 25.3. The van der Waals surface area contributed by atoms with Crippen molar-refractivity contribution >= 4 is 110 Å². The summed E-state index contributed by atoms with van der Waals surface area (Å²) in [6, 6.07) is 70.1. The van der Waals surface area contributed by atoms with E-state index in [1.807, 2.05) is 0 Å². The molecule has 6 aromatic heterocycles. The monoisotopic (exact) mass is 928 g/mol. The summed E-state index contributed by atoms with van der Waals surface area (Å²) in [6.45, 7) is 0. The number of aromatic nitrogens is 6. The quantitative estimate of drug-likeness (QED) is 0.156. The fourth-order valence-electron chi connectivity index (χ4n) is 11.0. The first-order valence-electron chi connectivity index (χ1n) is 23.4. The van der Waals surface area contributed by atoms with Crippen LogP contribution in [0.3, 0.4) is 0 Å². The second-order valence-corrected chi connectivity index (χ2v) is 19.7. The largest absolute Gasteiger partial charge is 0.309 e. The van der Waals surface area contributed by atoms with Crippen molar-refractivity contribution < 1.29 is 0 Å². The molecule has 0 saturated heterocycles. The van der Waals surface area contributed by atoms with Crippen molar-refractivity contribution in [1.82, 2.24) is 29.1 Å². The predicted octanol–water partition coefficient (Wildman–Crippen LogP) is 16.9. The molecule has 0 unspecified atom stereocenters. The number of hydrogen-bond acceptors (Lipinski definition) is 6. The van der Waals surface area contributed by atoms with Crippen LogP contribution >= 0.6 is 22.7 Å². The van der Waals surface area contributed by atoms with E-state index >= 15 is 0 Å². The van der Waals surface area contributed by atoms with Crippen LogP contribution in [0.15, 0.2) is 219 Å². The molecule has 15 aromatic rings. The number of para-hydroxylation sites is 4. The van der Waals surface area contributed by atoms with Crippen molar-refractivity contribution in [3.8, 4) is 53.1 Å². The predicted molar refractivity (Wildman–Crippen MR) is 294 cm³/mol. The van der Waals surface area contributed by atoms with Crippen LogP contribution in [0, 0.1) is 0 Å².